The van der Waals surface area contributed by atoms with Gasteiger partial charge in [0.2, 0.25) is 5.91 Å². The Hall–Kier alpha value is -3.09. The standard InChI is InChI=1S/C21H23N3O4/c25-19-2-1-10-24(19)18-5-3-15(4-6-18)20(26)22-17-7-11-23(12-8-17)21(27)16-9-13-28-14-16/h3-6,9,13-14,17H,1-2,7-8,10-12H2,(H,22,26). The third-order valence-electron chi connectivity index (χ3n) is 5.40. The van der Waals surface area contributed by atoms with Crippen LogP contribution in [-0.4, -0.2) is 48.3 Å². The Morgan fingerprint density at radius 1 is 1.00 bits per heavy atom. The summed E-state index contributed by atoms with van der Waals surface area (Å²) < 4.78 is 4.97. The van der Waals surface area contributed by atoms with E-state index in [1.165, 1.54) is 12.5 Å². The van der Waals surface area contributed by atoms with E-state index < -0.39 is 0 Å². The number of anilines is 1. The Morgan fingerprint density at radius 3 is 2.36 bits per heavy atom. The van der Waals surface area contributed by atoms with Gasteiger partial charge >= 0.3 is 0 Å². The van der Waals surface area contributed by atoms with Crippen molar-refractivity contribution in [3.8, 4) is 0 Å². The molecule has 7 nitrogen and oxygen atoms in total. The van der Waals surface area contributed by atoms with E-state index in [0.717, 1.165) is 31.5 Å². The molecule has 0 atom stereocenters. The van der Waals surface area contributed by atoms with Gasteiger partial charge in [-0.05, 0) is 49.6 Å². The lowest BCUT2D eigenvalue weighted by molar-refractivity contribution is -0.117. The molecule has 0 unspecified atom stereocenters. The van der Waals surface area contributed by atoms with Crippen molar-refractivity contribution in [1.82, 2.24) is 10.2 Å². The van der Waals surface area contributed by atoms with Gasteiger partial charge in [-0.2, -0.15) is 0 Å². The Kier molecular flexibility index (Phi) is 5.14. The van der Waals surface area contributed by atoms with Crippen LogP contribution in [0.5, 0.6) is 0 Å². The fourth-order valence-electron chi connectivity index (χ4n) is 3.78. The number of furan rings is 1. The number of carbonyl (C=O) groups excluding carboxylic acids is 3. The van der Waals surface area contributed by atoms with E-state index in [2.05, 4.69) is 5.32 Å². The van der Waals surface area contributed by atoms with Gasteiger partial charge in [0.1, 0.15) is 6.26 Å². The average Bonchev–Trinajstić information content (AvgIpc) is 3.40. The fourth-order valence-corrected chi connectivity index (χ4v) is 3.78. The minimum atomic E-state index is -0.126. The molecule has 2 fully saturated rings. The van der Waals surface area contributed by atoms with Gasteiger partial charge in [0.05, 0.1) is 11.8 Å². The average molecular weight is 381 g/mol. The number of rotatable bonds is 4. The number of amides is 3. The second-order valence-electron chi connectivity index (χ2n) is 7.25. The highest BCUT2D eigenvalue weighted by molar-refractivity contribution is 5.97. The van der Waals surface area contributed by atoms with Crippen LogP contribution in [0.4, 0.5) is 5.69 Å². The molecule has 7 heteroatoms. The van der Waals surface area contributed by atoms with Crippen molar-refractivity contribution in [2.75, 3.05) is 24.5 Å². The second-order valence-corrected chi connectivity index (χ2v) is 7.25. The largest absolute Gasteiger partial charge is 0.472 e. The van der Waals surface area contributed by atoms with Crippen LogP contribution in [0.1, 0.15) is 46.4 Å². The Labute approximate surface area is 163 Å². The Bertz CT molecular complexity index is 852. The van der Waals surface area contributed by atoms with Crippen LogP contribution in [0.2, 0.25) is 0 Å². The fraction of sp³-hybridized carbons (Fsp3) is 0.381. The van der Waals surface area contributed by atoms with Gasteiger partial charge in [-0.15, -0.1) is 0 Å². The molecule has 3 heterocycles. The summed E-state index contributed by atoms with van der Waals surface area (Å²) in [6.07, 6.45) is 5.85. The van der Waals surface area contributed by atoms with Crippen molar-refractivity contribution in [2.24, 2.45) is 0 Å². The number of hydrogen-bond donors (Lipinski definition) is 1. The van der Waals surface area contributed by atoms with Crippen LogP contribution in [0.25, 0.3) is 0 Å². The summed E-state index contributed by atoms with van der Waals surface area (Å²) in [6.45, 7) is 1.94. The van der Waals surface area contributed by atoms with Crippen LogP contribution >= 0.6 is 0 Å². The number of nitrogens with one attached hydrogen (secondary N) is 1. The molecule has 2 aromatic rings. The third kappa shape index (κ3) is 3.78. The van der Waals surface area contributed by atoms with E-state index in [4.69, 9.17) is 4.42 Å². The molecule has 0 aliphatic carbocycles. The molecule has 0 bridgehead atoms. The molecule has 1 N–H and O–H groups in total. The van der Waals surface area contributed by atoms with Gasteiger partial charge in [0, 0.05) is 43.3 Å². The highest BCUT2D eigenvalue weighted by Crippen LogP contribution is 2.22. The van der Waals surface area contributed by atoms with Crippen LogP contribution in [0.3, 0.4) is 0 Å². The number of likely N-dealkylation sites (tertiary alicyclic amines) is 1. The van der Waals surface area contributed by atoms with Gasteiger partial charge < -0.3 is 19.5 Å². The number of carbonyl (C=O) groups is 3. The lowest BCUT2D eigenvalue weighted by atomic mass is 10.0. The van der Waals surface area contributed by atoms with Gasteiger partial charge in [-0.25, -0.2) is 0 Å². The maximum Gasteiger partial charge on any atom is 0.257 e. The first-order chi connectivity index (χ1) is 13.6. The smallest absolute Gasteiger partial charge is 0.257 e. The maximum absolute atomic E-state index is 12.5. The molecule has 4 rings (SSSR count). The van der Waals surface area contributed by atoms with E-state index in [0.29, 0.717) is 30.6 Å². The zero-order chi connectivity index (χ0) is 19.5. The van der Waals surface area contributed by atoms with E-state index in [1.807, 2.05) is 12.1 Å². The Morgan fingerprint density at radius 2 is 1.75 bits per heavy atom. The van der Waals surface area contributed by atoms with Gasteiger partial charge in [-0.1, -0.05) is 0 Å². The van der Waals surface area contributed by atoms with Gasteiger partial charge in [0.15, 0.2) is 0 Å². The molecule has 2 aliphatic rings. The molecule has 2 aliphatic heterocycles. The van der Waals surface area contributed by atoms with E-state index in [1.54, 1.807) is 28.0 Å². The third-order valence-corrected chi connectivity index (χ3v) is 5.40. The number of benzene rings is 1. The molecule has 1 aromatic heterocycles. The van der Waals surface area contributed by atoms with Gasteiger partial charge in [0.25, 0.3) is 11.8 Å². The zero-order valence-electron chi connectivity index (χ0n) is 15.6. The Balaban J connectivity index is 1.30. The van der Waals surface area contributed by atoms with Crippen molar-refractivity contribution in [3.63, 3.8) is 0 Å². The summed E-state index contributed by atoms with van der Waals surface area (Å²) in [5.41, 5.74) is 1.97. The molecule has 28 heavy (non-hydrogen) atoms. The number of piperidine rings is 1. The lowest BCUT2D eigenvalue weighted by Crippen LogP contribution is -2.46. The first kappa shape index (κ1) is 18.3. The van der Waals surface area contributed by atoms with Crippen molar-refractivity contribution in [1.29, 1.82) is 0 Å². The molecule has 0 saturated carbocycles. The lowest BCUT2D eigenvalue weighted by Gasteiger charge is -2.32. The topological polar surface area (TPSA) is 82.9 Å². The summed E-state index contributed by atoms with van der Waals surface area (Å²) in [5, 5.41) is 3.05. The molecule has 0 spiro atoms. The molecule has 0 radical (unpaired) electrons. The minimum Gasteiger partial charge on any atom is -0.472 e. The normalized spacial score (nSPS) is 17.8. The first-order valence-corrected chi connectivity index (χ1v) is 9.64. The van der Waals surface area contributed by atoms with Crippen LogP contribution in [0, 0.1) is 0 Å². The van der Waals surface area contributed by atoms with Crippen molar-refractivity contribution >= 4 is 23.4 Å². The predicted octanol–water partition coefficient (Wildman–Crippen LogP) is 2.44. The van der Waals surface area contributed by atoms with Crippen LogP contribution in [-0.2, 0) is 4.79 Å². The summed E-state index contributed by atoms with van der Waals surface area (Å²) >= 11 is 0. The van der Waals surface area contributed by atoms with Gasteiger partial charge in [-0.3, -0.25) is 14.4 Å². The molecule has 2 saturated heterocycles. The van der Waals surface area contributed by atoms with Crippen LogP contribution < -0.4 is 10.2 Å². The molecule has 3 amide bonds. The number of nitrogens with zero attached hydrogens (tertiary/aromatic N) is 2. The van der Waals surface area contributed by atoms with Crippen LogP contribution in [0.15, 0.2) is 47.3 Å². The minimum absolute atomic E-state index is 0.0365. The monoisotopic (exact) mass is 381 g/mol. The van der Waals surface area contributed by atoms with E-state index in [-0.39, 0.29) is 23.8 Å². The van der Waals surface area contributed by atoms with E-state index in [9.17, 15) is 14.4 Å². The summed E-state index contributed by atoms with van der Waals surface area (Å²) in [6, 6.07) is 8.87. The predicted molar refractivity (Wildman–Crippen MR) is 103 cm³/mol. The molecule has 1 aromatic carbocycles. The summed E-state index contributed by atoms with van der Waals surface area (Å²) in [7, 11) is 0. The second kappa shape index (κ2) is 7.88. The highest BCUT2D eigenvalue weighted by atomic mass is 16.3. The van der Waals surface area contributed by atoms with Crippen molar-refractivity contribution in [2.45, 2.75) is 31.7 Å². The van der Waals surface area contributed by atoms with Crippen molar-refractivity contribution < 1.29 is 18.8 Å². The SMILES string of the molecule is O=C(NC1CCN(C(=O)c2ccoc2)CC1)c1ccc(N2CCCC2=O)cc1. The first-order valence-electron chi connectivity index (χ1n) is 9.64. The maximum atomic E-state index is 12.5. The quantitative estimate of drug-likeness (QED) is 0.882. The highest BCUT2D eigenvalue weighted by Gasteiger charge is 2.26. The number of hydrogen-bond acceptors (Lipinski definition) is 4. The molecular formula is C21H23N3O4. The summed E-state index contributed by atoms with van der Waals surface area (Å²) in [5.74, 6) is -0.0292. The summed E-state index contributed by atoms with van der Waals surface area (Å²) in [4.78, 5) is 40.2. The van der Waals surface area contributed by atoms with E-state index >= 15 is 0 Å². The molecular weight excluding hydrogens is 358 g/mol. The molecule has 146 valence electrons. The van der Waals surface area contributed by atoms with Crippen molar-refractivity contribution in [3.05, 3.63) is 54.0 Å². The zero-order valence-corrected chi connectivity index (χ0v) is 15.6.